The Morgan fingerprint density at radius 2 is 1.77 bits per heavy atom. The van der Waals surface area contributed by atoms with Crippen LogP contribution in [0.2, 0.25) is 0 Å². The molecule has 0 saturated carbocycles. The Labute approximate surface area is 136 Å². The number of nitrogens with zero attached hydrogens (tertiary/aromatic N) is 1. The van der Waals surface area contributed by atoms with Crippen LogP contribution >= 0.6 is 15.9 Å². The predicted molar refractivity (Wildman–Crippen MR) is 87.7 cm³/mol. The van der Waals surface area contributed by atoms with Gasteiger partial charge in [-0.25, -0.2) is 9.79 Å². The highest BCUT2D eigenvalue weighted by Gasteiger charge is 2.24. The molecule has 2 aromatic rings. The number of ether oxygens (including phenoxy) is 2. The van der Waals surface area contributed by atoms with Gasteiger partial charge in [0, 0.05) is 10.0 Å². The highest BCUT2D eigenvalue weighted by atomic mass is 79.9. The van der Waals surface area contributed by atoms with Crippen LogP contribution in [0.4, 0.5) is 0 Å². The average Bonchev–Trinajstić information content (AvgIpc) is 2.91. The van der Waals surface area contributed by atoms with Crippen molar-refractivity contribution in [2.45, 2.75) is 0 Å². The lowest BCUT2D eigenvalue weighted by atomic mass is 10.2. The molecule has 0 amide bonds. The summed E-state index contributed by atoms with van der Waals surface area (Å²) in [6, 6.07) is 14.8. The zero-order valence-electron chi connectivity index (χ0n) is 11.7. The Morgan fingerprint density at radius 3 is 2.41 bits per heavy atom. The summed E-state index contributed by atoms with van der Waals surface area (Å²) in [5.74, 6) is 0.587. The van der Waals surface area contributed by atoms with E-state index >= 15 is 0 Å². The highest BCUT2D eigenvalue weighted by molar-refractivity contribution is 9.10. The minimum atomic E-state index is -0.450. The third-order valence-corrected chi connectivity index (χ3v) is 3.66. The molecule has 1 heterocycles. The first-order chi connectivity index (χ1) is 10.7. The largest absolute Gasteiger partial charge is 0.497 e. The maximum absolute atomic E-state index is 11.9. The van der Waals surface area contributed by atoms with Gasteiger partial charge in [0.2, 0.25) is 5.90 Å². The van der Waals surface area contributed by atoms with E-state index in [2.05, 4.69) is 20.9 Å². The SMILES string of the molecule is COc1ccc(C2=NC(=Cc3ccc(Br)cc3)C(=O)O2)cc1. The summed E-state index contributed by atoms with van der Waals surface area (Å²) in [4.78, 5) is 16.2. The molecule has 0 atom stereocenters. The molecule has 0 aliphatic carbocycles. The molecule has 0 radical (unpaired) electrons. The number of halogens is 1. The van der Waals surface area contributed by atoms with Crippen LogP contribution in [0.5, 0.6) is 5.75 Å². The van der Waals surface area contributed by atoms with Crippen LogP contribution < -0.4 is 4.74 Å². The van der Waals surface area contributed by atoms with Gasteiger partial charge in [-0.1, -0.05) is 28.1 Å². The Morgan fingerprint density at radius 1 is 1.09 bits per heavy atom. The molecule has 2 aromatic carbocycles. The summed E-state index contributed by atoms with van der Waals surface area (Å²) in [5, 5.41) is 0. The quantitative estimate of drug-likeness (QED) is 0.619. The van der Waals surface area contributed by atoms with Crippen molar-refractivity contribution >= 4 is 33.9 Å². The number of aliphatic imine (C=N–C) groups is 1. The number of carbonyl (C=O) groups is 1. The average molecular weight is 358 g/mol. The van der Waals surface area contributed by atoms with Crippen molar-refractivity contribution in [2.75, 3.05) is 7.11 Å². The second-order valence-electron chi connectivity index (χ2n) is 4.62. The Hall–Kier alpha value is -2.40. The maximum Gasteiger partial charge on any atom is 0.363 e. The van der Waals surface area contributed by atoms with E-state index in [0.29, 0.717) is 5.90 Å². The molecule has 22 heavy (non-hydrogen) atoms. The molecule has 0 N–H and O–H groups in total. The summed E-state index contributed by atoms with van der Waals surface area (Å²) in [6.07, 6.45) is 1.70. The molecule has 110 valence electrons. The first kappa shape index (κ1) is 14.5. The summed E-state index contributed by atoms with van der Waals surface area (Å²) in [6.45, 7) is 0. The molecule has 0 fully saturated rings. The number of esters is 1. The number of methoxy groups -OCH3 is 1. The van der Waals surface area contributed by atoms with Gasteiger partial charge in [0.1, 0.15) is 5.75 Å². The van der Waals surface area contributed by atoms with E-state index in [1.165, 1.54) is 0 Å². The van der Waals surface area contributed by atoms with Gasteiger partial charge in [-0.15, -0.1) is 0 Å². The summed E-state index contributed by atoms with van der Waals surface area (Å²) >= 11 is 3.37. The monoisotopic (exact) mass is 357 g/mol. The van der Waals surface area contributed by atoms with Gasteiger partial charge in [0.05, 0.1) is 7.11 Å². The normalized spacial score (nSPS) is 15.6. The fourth-order valence-electron chi connectivity index (χ4n) is 1.98. The third kappa shape index (κ3) is 3.09. The molecule has 3 rings (SSSR count). The summed E-state index contributed by atoms with van der Waals surface area (Å²) in [7, 11) is 1.60. The highest BCUT2D eigenvalue weighted by Crippen LogP contribution is 2.21. The molecule has 0 unspecified atom stereocenters. The smallest absolute Gasteiger partial charge is 0.363 e. The predicted octanol–water partition coefficient (Wildman–Crippen LogP) is 3.80. The van der Waals surface area contributed by atoms with Crippen molar-refractivity contribution in [3.63, 3.8) is 0 Å². The molecule has 0 aromatic heterocycles. The van der Waals surface area contributed by atoms with E-state index < -0.39 is 5.97 Å². The van der Waals surface area contributed by atoms with E-state index in [-0.39, 0.29) is 5.70 Å². The molecular formula is C17H12BrNO3. The molecule has 5 heteroatoms. The van der Waals surface area contributed by atoms with Gasteiger partial charge < -0.3 is 9.47 Å². The standard InChI is InChI=1S/C17H12BrNO3/c1-21-14-8-4-12(5-9-14)16-19-15(17(20)22-16)10-11-2-6-13(18)7-3-11/h2-10H,1H3. The molecular weight excluding hydrogens is 346 g/mol. The van der Waals surface area contributed by atoms with Crippen LogP contribution in [0.1, 0.15) is 11.1 Å². The van der Waals surface area contributed by atoms with Gasteiger partial charge in [0.25, 0.3) is 0 Å². The lowest BCUT2D eigenvalue weighted by Gasteiger charge is -2.01. The fraction of sp³-hybridized carbons (Fsp3) is 0.0588. The Kier molecular flexibility index (Phi) is 4.06. The van der Waals surface area contributed by atoms with Gasteiger partial charge in [-0.2, -0.15) is 0 Å². The van der Waals surface area contributed by atoms with Crippen LogP contribution in [0.25, 0.3) is 6.08 Å². The van der Waals surface area contributed by atoms with Gasteiger partial charge in [-0.05, 0) is 48.0 Å². The van der Waals surface area contributed by atoms with Crippen molar-refractivity contribution in [2.24, 2.45) is 4.99 Å². The van der Waals surface area contributed by atoms with Crippen LogP contribution in [0.3, 0.4) is 0 Å². The zero-order valence-corrected chi connectivity index (χ0v) is 13.3. The van der Waals surface area contributed by atoms with Crippen molar-refractivity contribution in [1.29, 1.82) is 0 Å². The molecule has 4 nitrogen and oxygen atoms in total. The number of benzene rings is 2. The van der Waals surface area contributed by atoms with Crippen molar-refractivity contribution in [3.05, 3.63) is 69.8 Å². The van der Waals surface area contributed by atoms with Gasteiger partial charge >= 0.3 is 5.97 Å². The Bertz CT molecular complexity index is 761. The van der Waals surface area contributed by atoms with Gasteiger partial charge in [-0.3, -0.25) is 0 Å². The zero-order chi connectivity index (χ0) is 15.5. The first-order valence-electron chi connectivity index (χ1n) is 6.58. The molecule has 0 spiro atoms. The van der Waals surface area contributed by atoms with E-state index in [1.807, 2.05) is 24.3 Å². The van der Waals surface area contributed by atoms with E-state index in [9.17, 15) is 4.79 Å². The molecule has 1 aliphatic heterocycles. The maximum atomic E-state index is 11.9. The molecule has 0 bridgehead atoms. The Balaban J connectivity index is 1.88. The van der Waals surface area contributed by atoms with Crippen LogP contribution in [-0.2, 0) is 9.53 Å². The first-order valence-corrected chi connectivity index (χ1v) is 7.37. The summed E-state index contributed by atoms with van der Waals surface area (Å²) < 4.78 is 11.3. The lowest BCUT2D eigenvalue weighted by Crippen LogP contribution is -2.05. The third-order valence-electron chi connectivity index (χ3n) is 3.13. The van der Waals surface area contributed by atoms with Crippen molar-refractivity contribution in [3.8, 4) is 5.75 Å². The van der Waals surface area contributed by atoms with Crippen LogP contribution in [0, 0.1) is 0 Å². The minimum absolute atomic E-state index is 0.285. The van der Waals surface area contributed by atoms with E-state index in [0.717, 1.165) is 21.3 Å². The fourth-order valence-corrected chi connectivity index (χ4v) is 2.25. The van der Waals surface area contributed by atoms with Gasteiger partial charge in [0.15, 0.2) is 5.70 Å². The summed E-state index contributed by atoms with van der Waals surface area (Å²) in [5.41, 5.74) is 1.90. The van der Waals surface area contributed by atoms with Crippen molar-refractivity contribution < 1.29 is 14.3 Å². The number of hydrogen-bond donors (Lipinski definition) is 0. The number of hydrogen-bond acceptors (Lipinski definition) is 4. The molecule has 1 aliphatic rings. The number of carbonyl (C=O) groups excluding carboxylic acids is 1. The van der Waals surface area contributed by atoms with Crippen molar-refractivity contribution in [1.82, 2.24) is 0 Å². The van der Waals surface area contributed by atoms with Crippen LogP contribution in [-0.4, -0.2) is 19.0 Å². The number of cyclic esters (lactones) is 1. The van der Waals surface area contributed by atoms with Crippen LogP contribution in [0.15, 0.2) is 63.7 Å². The second kappa shape index (κ2) is 6.15. The van der Waals surface area contributed by atoms with E-state index in [4.69, 9.17) is 9.47 Å². The molecule has 0 saturated heterocycles. The number of rotatable bonds is 3. The minimum Gasteiger partial charge on any atom is -0.497 e. The second-order valence-corrected chi connectivity index (χ2v) is 5.53. The lowest BCUT2D eigenvalue weighted by molar-refractivity contribution is -0.129. The van der Waals surface area contributed by atoms with E-state index in [1.54, 1.807) is 37.5 Å². The topological polar surface area (TPSA) is 47.9 Å².